The predicted molar refractivity (Wildman–Crippen MR) is 77.3 cm³/mol. The van der Waals surface area contributed by atoms with Gasteiger partial charge in [0, 0.05) is 11.7 Å². The van der Waals surface area contributed by atoms with E-state index in [1.54, 1.807) is 25.1 Å². The van der Waals surface area contributed by atoms with Gasteiger partial charge in [0.15, 0.2) is 0 Å². The van der Waals surface area contributed by atoms with Crippen LogP contribution in [-0.2, 0) is 0 Å². The summed E-state index contributed by atoms with van der Waals surface area (Å²) in [4.78, 5) is 0. The Morgan fingerprint density at radius 3 is 2.42 bits per heavy atom. The van der Waals surface area contributed by atoms with Gasteiger partial charge in [-0.25, -0.2) is 8.78 Å². The molecular weight excluding hydrogens is 312 g/mol. The van der Waals surface area contributed by atoms with E-state index in [4.69, 9.17) is 0 Å². The van der Waals surface area contributed by atoms with Gasteiger partial charge in [-0.2, -0.15) is 0 Å². The normalized spacial score (nSPS) is 12.3. The van der Waals surface area contributed by atoms with E-state index in [9.17, 15) is 8.78 Å². The molecule has 4 heteroatoms. The van der Waals surface area contributed by atoms with Crippen molar-refractivity contribution in [2.75, 3.05) is 5.32 Å². The fourth-order valence-electron chi connectivity index (χ4n) is 1.80. The monoisotopic (exact) mass is 325 g/mol. The van der Waals surface area contributed by atoms with Crippen LogP contribution >= 0.6 is 15.9 Å². The fourth-order valence-corrected chi connectivity index (χ4v) is 2.04. The standard InChI is InChI=1S/C15H14BrF2N/c1-9-3-4-11(7-14(9)17)10(2)19-12-5-6-13(16)15(18)8-12/h3-8,10,19H,1-2H3. The zero-order valence-corrected chi connectivity index (χ0v) is 12.3. The van der Waals surface area contributed by atoms with Crippen molar-refractivity contribution in [1.29, 1.82) is 0 Å². The van der Waals surface area contributed by atoms with Gasteiger partial charge in [-0.3, -0.25) is 0 Å². The zero-order valence-electron chi connectivity index (χ0n) is 10.7. The summed E-state index contributed by atoms with van der Waals surface area (Å²) in [7, 11) is 0. The van der Waals surface area contributed by atoms with Crippen LogP contribution in [0.3, 0.4) is 0 Å². The van der Waals surface area contributed by atoms with Gasteiger partial charge in [-0.15, -0.1) is 0 Å². The van der Waals surface area contributed by atoms with Crippen LogP contribution in [0.1, 0.15) is 24.1 Å². The largest absolute Gasteiger partial charge is 0.378 e. The van der Waals surface area contributed by atoms with E-state index in [0.29, 0.717) is 15.7 Å². The first-order valence-corrected chi connectivity index (χ1v) is 6.74. The lowest BCUT2D eigenvalue weighted by atomic mass is 10.1. The highest BCUT2D eigenvalue weighted by Crippen LogP contribution is 2.24. The van der Waals surface area contributed by atoms with Crippen LogP contribution in [0.4, 0.5) is 14.5 Å². The Morgan fingerprint density at radius 1 is 1.05 bits per heavy atom. The maximum Gasteiger partial charge on any atom is 0.139 e. The summed E-state index contributed by atoms with van der Waals surface area (Å²) >= 11 is 3.11. The van der Waals surface area contributed by atoms with Crippen molar-refractivity contribution in [3.8, 4) is 0 Å². The molecule has 0 saturated carbocycles. The Bertz CT molecular complexity index is 599. The van der Waals surface area contributed by atoms with Gasteiger partial charge in [-0.1, -0.05) is 12.1 Å². The zero-order chi connectivity index (χ0) is 14.0. The van der Waals surface area contributed by atoms with Crippen LogP contribution in [0, 0.1) is 18.6 Å². The van der Waals surface area contributed by atoms with Crippen LogP contribution in [0.2, 0.25) is 0 Å². The lowest BCUT2D eigenvalue weighted by molar-refractivity contribution is 0.614. The SMILES string of the molecule is Cc1ccc(C(C)Nc2ccc(Br)c(F)c2)cc1F. The highest BCUT2D eigenvalue weighted by atomic mass is 79.9. The molecule has 1 nitrogen and oxygen atoms in total. The average Bonchev–Trinajstić information content (AvgIpc) is 2.37. The summed E-state index contributed by atoms with van der Waals surface area (Å²) in [6.45, 7) is 3.63. The molecule has 0 aliphatic heterocycles. The minimum atomic E-state index is -0.327. The van der Waals surface area contributed by atoms with Gasteiger partial charge in [0.2, 0.25) is 0 Å². The van der Waals surface area contributed by atoms with E-state index >= 15 is 0 Å². The maximum absolute atomic E-state index is 13.5. The molecule has 1 N–H and O–H groups in total. The molecule has 2 aromatic rings. The molecule has 0 aliphatic carbocycles. The Hall–Kier alpha value is -1.42. The predicted octanol–water partition coefficient (Wildman–Crippen LogP) is 5.21. The topological polar surface area (TPSA) is 12.0 Å². The third kappa shape index (κ3) is 3.32. The van der Waals surface area contributed by atoms with Gasteiger partial charge < -0.3 is 5.32 Å². The number of nitrogens with one attached hydrogen (secondary N) is 1. The van der Waals surface area contributed by atoms with Gasteiger partial charge in [0.05, 0.1) is 4.47 Å². The molecule has 0 saturated heterocycles. The molecule has 0 radical (unpaired) electrons. The van der Waals surface area contributed by atoms with Crippen molar-refractivity contribution < 1.29 is 8.78 Å². The molecule has 19 heavy (non-hydrogen) atoms. The van der Waals surface area contributed by atoms with Crippen LogP contribution < -0.4 is 5.32 Å². The minimum absolute atomic E-state index is 0.101. The number of benzene rings is 2. The third-order valence-corrected chi connectivity index (χ3v) is 3.64. The van der Waals surface area contributed by atoms with Crippen LogP contribution in [0.5, 0.6) is 0 Å². The van der Waals surface area contributed by atoms with E-state index < -0.39 is 0 Å². The molecule has 2 aromatic carbocycles. The molecule has 1 unspecified atom stereocenters. The maximum atomic E-state index is 13.5. The van der Waals surface area contributed by atoms with Crippen molar-refractivity contribution >= 4 is 21.6 Å². The van der Waals surface area contributed by atoms with Gasteiger partial charge in [0.25, 0.3) is 0 Å². The lowest BCUT2D eigenvalue weighted by Crippen LogP contribution is -2.07. The van der Waals surface area contributed by atoms with E-state index in [1.165, 1.54) is 12.1 Å². The number of rotatable bonds is 3. The lowest BCUT2D eigenvalue weighted by Gasteiger charge is -2.16. The Morgan fingerprint density at radius 2 is 1.79 bits per heavy atom. The molecule has 0 aliphatic rings. The van der Waals surface area contributed by atoms with Crippen molar-refractivity contribution in [3.63, 3.8) is 0 Å². The Labute approximate surface area is 119 Å². The summed E-state index contributed by atoms with van der Waals surface area (Å²) in [5.41, 5.74) is 2.10. The second-order valence-corrected chi connectivity index (χ2v) is 5.36. The summed E-state index contributed by atoms with van der Waals surface area (Å²) in [5.74, 6) is -0.555. The average molecular weight is 326 g/mol. The molecule has 0 amide bonds. The number of anilines is 1. The van der Waals surface area contributed by atoms with Crippen molar-refractivity contribution in [3.05, 3.63) is 63.6 Å². The Balaban J connectivity index is 2.17. The van der Waals surface area contributed by atoms with E-state index in [0.717, 1.165) is 5.56 Å². The van der Waals surface area contributed by atoms with Crippen LogP contribution in [-0.4, -0.2) is 0 Å². The second-order valence-electron chi connectivity index (χ2n) is 4.50. The van der Waals surface area contributed by atoms with Crippen LogP contribution in [0.25, 0.3) is 0 Å². The molecule has 0 bridgehead atoms. The quantitative estimate of drug-likeness (QED) is 0.816. The molecule has 0 fully saturated rings. The minimum Gasteiger partial charge on any atom is -0.378 e. The van der Waals surface area contributed by atoms with E-state index in [2.05, 4.69) is 21.2 Å². The van der Waals surface area contributed by atoms with Crippen LogP contribution in [0.15, 0.2) is 40.9 Å². The van der Waals surface area contributed by atoms with Crippen molar-refractivity contribution in [1.82, 2.24) is 0 Å². The first-order valence-electron chi connectivity index (χ1n) is 5.95. The van der Waals surface area contributed by atoms with Gasteiger partial charge in [0.1, 0.15) is 11.6 Å². The summed E-state index contributed by atoms with van der Waals surface area (Å²) in [5, 5.41) is 3.15. The highest BCUT2D eigenvalue weighted by molar-refractivity contribution is 9.10. The first kappa shape index (κ1) is 14.0. The van der Waals surface area contributed by atoms with E-state index in [-0.39, 0.29) is 17.7 Å². The molecule has 0 aromatic heterocycles. The number of hydrogen-bond acceptors (Lipinski definition) is 1. The second kappa shape index (κ2) is 5.70. The van der Waals surface area contributed by atoms with Crippen molar-refractivity contribution in [2.24, 2.45) is 0 Å². The number of aryl methyl sites for hydroxylation is 1. The molecule has 0 spiro atoms. The first-order chi connectivity index (χ1) is 8.97. The third-order valence-electron chi connectivity index (χ3n) is 3.00. The summed E-state index contributed by atoms with van der Waals surface area (Å²) < 4.78 is 27.3. The smallest absolute Gasteiger partial charge is 0.139 e. The molecule has 100 valence electrons. The summed E-state index contributed by atoms with van der Waals surface area (Å²) in [6.07, 6.45) is 0. The molecule has 2 rings (SSSR count). The number of hydrogen-bond donors (Lipinski definition) is 1. The molecular formula is C15H14BrF2N. The molecule has 1 atom stereocenters. The Kier molecular flexibility index (Phi) is 4.20. The van der Waals surface area contributed by atoms with Gasteiger partial charge >= 0.3 is 0 Å². The van der Waals surface area contributed by atoms with E-state index in [1.807, 2.05) is 13.0 Å². The highest BCUT2D eigenvalue weighted by Gasteiger charge is 2.09. The van der Waals surface area contributed by atoms with Gasteiger partial charge in [-0.05, 0) is 65.2 Å². The van der Waals surface area contributed by atoms with Crippen molar-refractivity contribution in [2.45, 2.75) is 19.9 Å². The molecule has 0 heterocycles. The fraction of sp³-hybridized carbons (Fsp3) is 0.200. The number of halogens is 3. The summed E-state index contributed by atoms with van der Waals surface area (Å²) in [6, 6.07) is 9.83.